The molecule has 3 N–H and O–H groups in total. The Morgan fingerprint density at radius 2 is 1.53 bits per heavy atom. The van der Waals surface area contributed by atoms with Crippen molar-refractivity contribution in [2.75, 3.05) is 19.7 Å². The van der Waals surface area contributed by atoms with Gasteiger partial charge in [0.25, 0.3) is 0 Å². The van der Waals surface area contributed by atoms with Crippen LogP contribution in [-0.4, -0.2) is 65.8 Å². The molecule has 10 heteroatoms. The molecule has 1 aliphatic heterocycles. The molecule has 1 saturated heterocycles. The Morgan fingerprint density at radius 3 is 2.21 bits per heavy atom. The zero-order valence-electron chi connectivity index (χ0n) is 23.7. The van der Waals surface area contributed by atoms with Gasteiger partial charge in [-0.25, -0.2) is 9.59 Å². The quantitative estimate of drug-likeness (QED) is 0.278. The van der Waals surface area contributed by atoms with Crippen LogP contribution in [0.3, 0.4) is 0 Å². The molecule has 3 aromatic carbocycles. The predicted octanol–water partition coefficient (Wildman–Crippen LogP) is 4.68. The lowest BCUT2D eigenvalue weighted by Gasteiger charge is -2.38. The van der Waals surface area contributed by atoms with Crippen molar-refractivity contribution in [2.45, 2.75) is 50.3 Å². The van der Waals surface area contributed by atoms with Gasteiger partial charge >= 0.3 is 18.2 Å². The molecule has 1 heterocycles. The Labute approximate surface area is 250 Å². The third-order valence-corrected chi connectivity index (χ3v) is 7.82. The van der Waals surface area contributed by atoms with Crippen LogP contribution in [0.1, 0.15) is 48.3 Å². The van der Waals surface area contributed by atoms with E-state index < -0.39 is 36.1 Å². The van der Waals surface area contributed by atoms with Crippen LogP contribution >= 0.6 is 0 Å². The Hall–Kier alpha value is -4.86. The number of aliphatic carboxylic acids is 1. The van der Waals surface area contributed by atoms with Crippen LogP contribution in [0.5, 0.6) is 0 Å². The van der Waals surface area contributed by atoms with Crippen LogP contribution in [0.2, 0.25) is 0 Å². The molecule has 0 unspecified atom stereocenters. The van der Waals surface area contributed by atoms with E-state index in [0.717, 1.165) is 27.8 Å². The first-order chi connectivity index (χ1) is 20.9. The van der Waals surface area contributed by atoms with Crippen LogP contribution in [-0.2, 0) is 25.7 Å². The summed E-state index contributed by atoms with van der Waals surface area (Å²) in [5.74, 6) is -1.63. The van der Waals surface area contributed by atoms with Crippen LogP contribution < -0.4 is 10.6 Å². The molecular formula is C33H35N3O7. The molecule has 0 saturated carbocycles. The second-order valence-electron chi connectivity index (χ2n) is 10.8. The molecule has 0 aromatic heterocycles. The minimum absolute atomic E-state index is 0.0312. The normalized spacial score (nSPS) is 17.4. The van der Waals surface area contributed by atoms with E-state index in [9.17, 15) is 24.3 Å². The number of carbonyl (C=O) groups is 4. The number of rotatable bonds is 11. The first kappa shape index (κ1) is 29.6. The molecule has 3 aromatic rings. The molecule has 1 aliphatic carbocycles. The van der Waals surface area contributed by atoms with Gasteiger partial charge in [0.1, 0.15) is 19.3 Å². The Kier molecular flexibility index (Phi) is 9.56. The third kappa shape index (κ3) is 7.32. The fraction of sp³-hybridized carbons (Fsp3) is 0.333. The maximum atomic E-state index is 13.4. The van der Waals surface area contributed by atoms with Crippen molar-refractivity contribution in [3.8, 4) is 11.1 Å². The van der Waals surface area contributed by atoms with Crippen molar-refractivity contribution in [3.05, 3.63) is 95.6 Å². The number of hydrogen-bond acceptors (Lipinski definition) is 6. The van der Waals surface area contributed by atoms with Crippen LogP contribution in [0.15, 0.2) is 78.9 Å². The fourth-order valence-electron chi connectivity index (χ4n) is 5.77. The Bertz CT molecular complexity index is 1420. The van der Waals surface area contributed by atoms with E-state index in [-0.39, 0.29) is 32.1 Å². The highest BCUT2D eigenvalue weighted by atomic mass is 16.6. The van der Waals surface area contributed by atoms with Gasteiger partial charge < -0.3 is 25.2 Å². The number of carboxylic acid groups (broad SMARTS) is 1. The molecule has 3 amide bonds. The predicted molar refractivity (Wildman–Crippen MR) is 158 cm³/mol. The number of nitrogens with zero attached hydrogens (tertiary/aromatic N) is 1. The second kappa shape index (κ2) is 13.9. The maximum absolute atomic E-state index is 13.4. The summed E-state index contributed by atoms with van der Waals surface area (Å²) in [6, 6.07) is 23.9. The van der Waals surface area contributed by atoms with Gasteiger partial charge in [0, 0.05) is 19.0 Å². The summed E-state index contributed by atoms with van der Waals surface area (Å²) in [4.78, 5) is 51.2. The van der Waals surface area contributed by atoms with Gasteiger partial charge in [-0.3, -0.25) is 14.5 Å². The molecular weight excluding hydrogens is 550 g/mol. The number of unbranched alkanes of at least 4 members (excludes halogenated alkanes) is 1. The van der Waals surface area contributed by atoms with E-state index in [1.807, 2.05) is 66.7 Å². The van der Waals surface area contributed by atoms with E-state index in [2.05, 4.69) is 22.8 Å². The van der Waals surface area contributed by atoms with Gasteiger partial charge in [0.05, 0.1) is 12.5 Å². The Morgan fingerprint density at radius 1 is 0.884 bits per heavy atom. The molecule has 2 aliphatic rings. The number of piperazine rings is 1. The Balaban J connectivity index is 1.16. The van der Waals surface area contributed by atoms with Crippen molar-refractivity contribution in [1.82, 2.24) is 15.5 Å². The summed E-state index contributed by atoms with van der Waals surface area (Å²) >= 11 is 0. The van der Waals surface area contributed by atoms with Crippen molar-refractivity contribution < 1.29 is 33.8 Å². The lowest BCUT2D eigenvalue weighted by Crippen LogP contribution is -2.62. The number of fused-ring (bicyclic) bond motifs is 3. The fourth-order valence-corrected chi connectivity index (χ4v) is 5.77. The standard InChI is InChI=1S/C33H35N3O7/c37-30(38)18-23-19-36(33(41)43-21-28-26-14-6-4-12-24(26)25-13-5-7-15-27(25)28)29(31(39)35-23)16-8-9-17-34-32(40)42-20-22-10-2-1-3-11-22/h1-7,10-15,23,28-29H,8-9,16-21H2,(H,34,40)(H,35,39)(H,37,38)/t23-,29-/m0/s1. The smallest absolute Gasteiger partial charge is 0.410 e. The number of carbonyl (C=O) groups excluding carboxylic acids is 3. The summed E-state index contributed by atoms with van der Waals surface area (Å²) in [5.41, 5.74) is 5.24. The molecule has 224 valence electrons. The first-order valence-electron chi connectivity index (χ1n) is 14.5. The SMILES string of the molecule is O=C(O)C[C@H]1CN(C(=O)OCC2c3ccccc3-c3ccccc32)[C@@H](CCCCNC(=O)OCc2ccccc2)C(=O)N1. The van der Waals surface area contributed by atoms with E-state index >= 15 is 0 Å². The van der Waals surface area contributed by atoms with Gasteiger partial charge in [-0.1, -0.05) is 78.9 Å². The topological polar surface area (TPSA) is 134 Å². The summed E-state index contributed by atoms with van der Waals surface area (Å²) in [5, 5.41) is 14.7. The summed E-state index contributed by atoms with van der Waals surface area (Å²) < 4.78 is 11.0. The number of carboxylic acids is 1. The van der Waals surface area contributed by atoms with E-state index in [1.165, 1.54) is 4.90 Å². The molecule has 2 atom stereocenters. The number of nitrogens with one attached hydrogen (secondary N) is 2. The van der Waals surface area contributed by atoms with Crippen molar-refractivity contribution in [1.29, 1.82) is 0 Å². The summed E-state index contributed by atoms with van der Waals surface area (Å²) in [6.07, 6.45) is -0.0671. The highest BCUT2D eigenvalue weighted by molar-refractivity contribution is 5.88. The zero-order valence-corrected chi connectivity index (χ0v) is 23.7. The number of benzene rings is 3. The highest BCUT2D eigenvalue weighted by Crippen LogP contribution is 2.44. The number of ether oxygens (including phenoxy) is 2. The highest BCUT2D eigenvalue weighted by Gasteiger charge is 2.39. The average molecular weight is 586 g/mol. The van der Waals surface area contributed by atoms with Crippen molar-refractivity contribution in [2.24, 2.45) is 0 Å². The van der Waals surface area contributed by atoms with Gasteiger partial charge in [-0.15, -0.1) is 0 Å². The van der Waals surface area contributed by atoms with Crippen LogP contribution in [0, 0.1) is 0 Å². The molecule has 43 heavy (non-hydrogen) atoms. The van der Waals surface area contributed by atoms with E-state index in [4.69, 9.17) is 9.47 Å². The monoisotopic (exact) mass is 585 g/mol. The number of alkyl carbamates (subject to hydrolysis) is 1. The van der Waals surface area contributed by atoms with Crippen molar-refractivity contribution >= 4 is 24.1 Å². The van der Waals surface area contributed by atoms with Gasteiger partial charge in [-0.05, 0) is 47.1 Å². The average Bonchev–Trinajstić information content (AvgIpc) is 3.33. The first-order valence-corrected chi connectivity index (χ1v) is 14.5. The minimum atomic E-state index is -1.07. The summed E-state index contributed by atoms with van der Waals surface area (Å²) in [7, 11) is 0. The molecule has 1 fully saturated rings. The molecule has 0 spiro atoms. The minimum Gasteiger partial charge on any atom is -0.481 e. The number of amides is 3. The van der Waals surface area contributed by atoms with Crippen LogP contribution in [0.4, 0.5) is 9.59 Å². The lowest BCUT2D eigenvalue weighted by molar-refractivity contribution is -0.139. The van der Waals surface area contributed by atoms with Crippen LogP contribution in [0.25, 0.3) is 11.1 Å². The maximum Gasteiger partial charge on any atom is 0.410 e. The molecule has 10 nitrogen and oxygen atoms in total. The van der Waals surface area contributed by atoms with Gasteiger partial charge in [0.15, 0.2) is 0 Å². The van der Waals surface area contributed by atoms with Gasteiger partial charge in [-0.2, -0.15) is 0 Å². The summed E-state index contributed by atoms with van der Waals surface area (Å²) in [6.45, 7) is 0.635. The molecule has 0 bridgehead atoms. The number of hydrogen-bond donors (Lipinski definition) is 3. The zero-order chi connectivity index (χ0) is 30.2. The van der Waals surface area contributed by atoms with E-state index in [1.54, 1.807) is 0 Å². The van der Waals surface area contributed by atoms with E-state index in [0.29, 0.717) is 25.8 Å². The van der Waals surface area contributed by atoms with Crippen molar-refractivity contribution in [3.63, 3.8) is 0 Å². The second-order valence-corrected chi connectivity index (χ2v) is 10.8. The lowest BCUT2D eigenvalue weighted by atomic mass is 9.98. The molecule has 5 rings (SSSR count). The molecule has 0 radical (unpaired) electrons. The third-order valence-electron chi connectivity index (χ3n) is 7.82. The van der Waals surface area contributed by atoms with Gasteiger partial charge in [0.2, 0.25) is 5.91 Å². The largest absolute Gasteiger partial charge is 0.481 e.